The third kappa shape index (κ3) is 5.58. The number of piperazine rings is 1. The monoisotopic (exact) mass is 589 g/mol. The molecule has 9 nitrogen and oxygen atoms in total. The third-order valence-electron chi connectivity index (χ3n) is 9.39. The lowest BCUT2D eigenvalue weighted by Crippen LogP contribution is -2.50. The van der Waals surface area contributed by atoms with Gasteiger partial charge in [0, 0.05) is 38.3 Å². The summed E-state index contributed by atoms with van der Waals surface area (Å²) in [5, 5.41) is 14.1. The molecule has 0 amide bonds. The van der Waals surface area contributed by atoms with Gasteiger partial charge in [0.05, 0.1) is 24.2 Å². The van der Waals surface area contributed by atoms with Crippen molar-refractivity contribution in [3.8, 4) is 0 Å². The van der Waals surface area contributed by atoms with Gasteiger partial charge in [-0.05, 0) is 70.8 Å². The SMILES string of the molecule is Cc1ccc2cc([C@@H](c3nnnn3C[C@@H]3CCCO3)N3CCN(C(c4ccccc4)c4ccccc4)CC3)c(=O)[nH]c2c1C. The van der Waals surface area contributed by atoms with Crippen molar-refractivity contribution in [1.29, 1.82) is 0 Å². The molecule has 0 spiro atoms. The fourth-order valence-corrected chi connectivity index (χ4v) is 6.90. The number of aromatic nitrogens is 5. The minimum atomic E-state index is -0.393. The summed E-state index contributed by atoms with van der Waals surface area (Å²) >= 11 is 0. The molecule has 7 rings (SSSR count). The van der Waals surface area contributed by atoms with E-state index in [0.29, 0.717) is 17.9 Å². The first-order valence-corrected chi connectivity index (χ1v) is 15.7. The normalized spacial score (nSPS) is 18.8. The van der Waals surface area contributed by atoms with Crippen LogP contribution in [0.2, 0.25) is 0 Å². The van der Waals surface area contributed by atoms with E-state index in [2.05, 4.69) is 117 Å². The largest absolute Gasteiger partial charge is 0.376 e. The number of aromatic amines is 1. The van der Waals surface area contributed by atoms with Crippen molar-refractivity contribution in [3.63, 3.8) is 0 Å². The van der Waals surface area contributed by atoms with Crippen LogP contribution in [0.25, 0.3) is 10.9 Å². The molecule has 2 fully saturated rings. The highest BCUT2D eigenvalue weighted by Crippen LogP contribution is 2.33. The molecule has 0 radical (unpaired) electrons. The second-order valence-electron chi connectivity index (χ2n) is 12.1. The van der Waals surface area contributed by atoms with Crippen molar-refractivity contribution in [1.82, 2.24) is 35.0 Å². The van der Waals surface area contributed by atoms with E-state index in [-0.39, 0.29) is 17.7 Å². The van der Waals surface area contributed by atoms with E-state index in [1.165, 1.54) is 11.1 Å². The molecule has 3 aromatic carbocycles. The van der Waals surface area contributed by atoms with Crippen LogP contribution in [0.3, 0.4) is 0 Å². The molecule has 0 bridgehead atoms. The van der Waals surface area contributed by atoms with Gasteiger partial charge in [0.1, 0.15) is 6.04 Å². The predicted molar refractivity (Wildman–Crippen MR) is 171 cm³/mol. The van der Waals surface area contributed by atoms with Crippen molar-refractivity contribution in [3.05, 3.63) is 123 Å². The Bertz CT molecular complexity index is 1730. The summed E-state index contributed by atoms with van der Waals surface area (Å²) in [4.78, 5) is 22.0. The summed E-state index contributed by atoms with van der Waals surface area (Å²) in [6.45, 7) is 8.66. The Balaban J connectivity index is 1.24. The standard InChI is InChI=1S/C35H39N7O2/c1-24-15-16-28-22-30(35(43)36-31(28)25(24)2)33(34-37-38-39-42(34)23-29-14-9-21-44-29)41-19-17-40(18-20-41)32(26-10-5-3-6-11-26)27-12-7-4-8-13-27/h3-8,10-13,15-16,22,29,32-33H,9,14,17-21,23H2,1-2H3,(H,36,43)/t29-,33-/m0/s1. The topological polar surface area (TPSA) is 92.2 Å². The van der Waals surface area contributed by atoms with Crippen LogP contribution in [0.1, 0.15) is 58.6 Å². The van der Waals surface area contributed by atoms with Gasteiger partial charge in [-0.2, -0.15) is 0 Å². The van der Waals surface area contributed by atoms with Gasteiger partial charge in [-0.1, -0.05) is 72.8 Å². The Morgan fingerprint density at radius 2 is 1.55 bits per heavy atom. The molecular formula is C35H39N7O2. The molecule has 2 aliphatic rings. The fourth-order valence-electron chi connectivity index (χ4n) is 6.90. The minimum absolute atomic E-state index is 0.0766. The Morgan fingerprint density at radius 3 is 2.18 bits per heavy atom. The van der Waals surface area contributed by atoms with Gasteiger partial charge in [-0.25, -0.2) is 4.68 Å². The molecule has 44 heavy (non-hydrogen) atoms. The molecule has 226 valence electrons. The van der Waals surface area contributed by atoms with Crippen LogP contribution in [-0.4, -0.2) is 73.9 Å². The maximum absolute atomic E-state index is 13.9. The number of H-pyrrole nitrogens is 1. The number of hydrogen-bond acceptors (Lipinski definition) is 7. The first kappa shape index (κ1) is 28.6. The van der Waals surface area contributed by atoms with Gasteiger partial charge in [-0.15, -0.1) is 5.10 Å². The number of ether oxygens (including phenoxy) is 1. The molecule has 0 unspecified atom stereocenters. The highest BCUT2D eigenvalue weighted by atomic mass is 16.5. The van der Waals surface area contributed by atoms with Crippen LogP contribution in [0, 0.1) is 13.8 Å². The molecule has 2 saturated heterocycles. The smallest absolute Gasteiger partial charge is 0.253 e. The number of fused-ring (bicyclic) bond motifs is 1. The summed E-state index contributed by atoms with van der Waals surface area (Å²) < 4.78 is 7.79. The summed E-state index contributed by atoms with van der Waals surface area (Å²) in [6, 6.07) is 27.4. The Morgan fingerprint density at radius 1 is 0.886 bits per heavy atom. The zero-order valence-electron chi connectivity index (χ0n) is 25.4. The van der Waals surface area contributed by atoms with E-state index in [4.69, 9.17) is 4.74 Å². The molecule has 2 aliphatic heterocycles. The maximum Gasteiger partial charge on any atom is 0.253 e. The summed E-state index contributed by atoms with van der Waals surface area (Å²) in [7, 11) is 0. The Labute approximate surface area is 257 Å². The lowest BCUT2D eigenvalue weighted by Gasteiger charge is -2.42. The fraction of sp³-hybridized carbons (Fsp3) is 0.371. The lowest BCUT2D eigenvalue weighted by atomic mass is 9.95. The highest BCUT2D eigenvalue weighted by Gasteiger charge is 2.35. The molecule has 2 aromatic heterocycles. The Kier molecular flexibility index (Phi) is 8.08. The molecule has 0 aliphatic carbocycles. The van der Waals surface area contributed by atoms with Gasteiger partial charge in [-0.3, -0.25) is 14.6 Å². The van der Waals surface area contributed by atoms with Gasteiger partial charge in [0.2, 0.25) is 0 Å². The van der Waals surface area contributed by atoms with Crippen molar-refractivity contribution in [2.45, 2.75) is 51.4 Å². The first-order valence-electron chi connectivity index (χ1n) is 15.7. The van der Waals surface area contributed by atoms with E-state index in [1.54, 1.807) is 0 Å². The molecule has 4 heterocycles. The molecule has 5 aromatic rings. The van der Waals surface area contributed by atoms with Crippen molar-refractivity contribution >= 4 is 10.9 Å². The van der Waals surface area contributed by atoms with E-state index < -0.39 is 6.04 Å². The molecule has 2 atom stereocenters. The van der Waals surface area contributed by atoms with Gasteiger partial charge >= 0.3 is 0 Å². The quantitative estimate of drug-likeness (QED) is 0.278. The predicted octanol–water partition coefficient (Wildman–Crippen LogP) is 4.81. The summed E-state index contributed by atoms with van der Waals surface area (Å²) in [5.74, 6) is 0.685. The average Bonchev–Trinajstić information content (AvgIpc) is 3.75. The number of aryl methyl sites for hydroxylation is 2. The number of rotatable bonds is 8. The van der Waals surface area contributed by atoms with Crippen LogP contribution >= 0.6 is 0 Å². The molecule has 9 heteroatoms. The number of pyridine rings is 1. The van der Waals surface area contributed by atoms with Crippen LogP contribution in [0.5, 0.6) is 0 Å². The number of benzene rings is 3. The highest BCUT2D eigenvalue weighted by molar-refractivity contribution is 5.83. The minimum Gasteiger partial charge on any atom is -0.376 e. The number of hydrogen-bond donors (Lipinski definition) is 1. The molecule has 1 N–H and O–H groups in total. The van der Waals surface area contributed by atoms with Gasteiger partial charge in [0.15, 0.2) is 5.82 Å². The lowest BCUT2D eigenvalue weighted by molar-refractivity contribution is 0.0778. The summed E-state index contributed by atoms with van der Waals surface area (Å²) in [6.07, 6.45) is 2.10. The molecular weight excluding hydrogens is 550 g/mol. The first-order chi connectivity index (χ1) is 21.6. The van der Waals surface area contributed by atoms with Crippen molar-refractivity contribution < 1.29 is 4.74 Å². The maximum atomic E-state index is 13.9. The van der Waals surface area contributed by atoms with E-state index >= 15 is 0 Å². The van der Waals surface area contributed by atoms with Crippen molar-refractivity contribution in [2.24, 2.45) is 0 Å². The number of nitrogens with one attached hydrogen (secondary N) is 1. The zero-order chi connectivity index (χ0) is 30.0. The zero-order valence-corrected chi connectivity index (χ0v) is 25.4. The van der Waals surface area contributed by atoms with E-state index in [1.807, 2.05) is 10.7 Å². The average molecular weight is 590 g/mol. The van der Waals surface area contributed by atoms with E-state index in [9.17, 15) is 4.79 Å². The number of tetrazole rings is 1. The summed E-state index contributed by atoms with van der Waals surface area (Å²) in [5.41, 5.74) is 6.25. The second-order valence-corrected chi connectivity index (χ2v) is 12.1. The van der Waals surface area contributed by atoms with Crippen LogP contribution in [0.4, 0.5) is 0 Å². The third-order valence-corrected chi connectivity index (χ3v) is 9.39. The van der Waals surface area contributed by atoms with Gasteiger partial charge in [0.25, 0.3) is 5.56 Å². The Hall–Kier alpha value is -4.18. The molecule has 0 saturated carbocycles. The van der Waals surface area contributed by atoms with Crippen molar-refractivity contribution in [2.75, 3.05) is 32.8 Å². The van der Waals surface area contributed by atoms with E-state index in [0.717, 1.165) is 67.7 Å². The number of nitrogens with zero attached hydrogens (tertiary/aromatic N) is 6. The van der Waals surface area contributed by atoms with Gasteiger partial charge < -0.3 is 9.72 Å². The second kappa shape index (κ2) is 12.4. The van der Waals surface area contributed by atoms with Crippen LogP contribution in [0.15, 0.2) is 83.7 Å². The van der Waals surface area contributed by atoms with Crippen LogP contribution < -0.4 is 5.56 Å². The van der Waals surface area contributed by atoms with Crippen LogP contribution in [-0.2, 0) is 11.3 Å².